The summed E-state index contributed by atoms with van der Waals surface area (Å²) in [6.45, 7) is 2.62. The monoisotopic (exact) mass is 411 g/mol. The molecule has 0 unspecified atom stereocenters. The van der Waals surface area contributed by atoms with Gasteiger partial charge in [-0.2, -0.15) is 0 Å². The molecule has 7 heteroatoms. The van der Waals surface area contributed by atoms with Crippen molar-refractivity contribution in [2.45, 2.75) is 6.92 Å². The van der Waals surface area contributed by atoms with E-state index in [1.807, 2.05) is 49.4 Å². The van der Waals surface area contributed by atoms with Gasteiger partial charge in [0.25, 0.3) is 0 Å². The van der Waals surface area contributed by atoms with E-state index < -0.39 is 0 Å². The second-order valence-corrected chi connectivity index (χ2v) is 7.25. The maximum absolute atomic E-state index is 6.25. The van der Waals surface area contributed by atoms with Crippen LogP contribution in [0.2, 0.25) is 5.02 Å². The zero-order chi connectivity index (χ0) is 19.5. The number of thiophene rings is 1. The van der Waals surface area contributed by atoms with Gasteiger partial charge in [-0.05, 0) is 42.8 Å². The minimum absolute atomic E-state index is 0.537. The standard InChI is InChI=1S/C21H18ClN3O2S/c1-3-27-15-7-4-13(5-8-15)16-11-28-21-19(16)20(23-12-24-21)25-14-6-9-18(26-2)17(22)10-14/h4-12H,3H2,1-2H3,(H,23,24,25). The Morgan fingerprint density at radius 2 is 1.93 bits per heavy atom. The number of halogens is 1. The molecule has 0 saturated heterocycles. The molecule has 0 aliphatic carbocycles. The summed E-state index contributed by atoms with van der Waals surface area (Å²) in [5.41, 5.74) is 2.99. The topological polar surface area (TPSA) is 56.3 Å². The number of nitrogens with zero attached hydrogens (tertiary/aromatic N) is 2. The molecule has 5 nitrogen and oxygen atoms in total. The molecule has 1 N–H and O–H groups in total. The number of hydrogen-bond acceptors (Lipinski definition) is 6. The van der Waals surface area contributed by atoms with Crippen LogP contribution in [-0.4, -0.2) is 23.7 Å². The van der Waals surface area contributed by atoms with Gasteiger partial charge in [-0.25, -0.2) is 9.97 Å². The molecule has 0 atom stereocenters. The highest BCUT2D eigenvalue weighted by Gasteiger charge is 2.14. The number of benzene rings is 2. The molecule has 0 spiro atoms. The first-order valence-electron chi connectivity index (χ1n) is 8.75. The van der Waals surface area contributed by atoms with Crippen LogP contribution >= 0.6 is 22.9 Å². The zero-order valence-electron chi connectivity index (χ0n) is 15.4. The van der Waals surface area contributed by atoms with E-state index in [1.165, 1.54) is 0 Å². The average molecular weight is 412 g/mol. The van der Waals surface area contributed by atoms with Crippen LogP contribution in [0.5, 0.6) is 11.5 Å². The van der Waals surface area contributed by atoms with Gasteiger partial charge in [-0.3, -0.25) is 0 Å². The molecule has 4 aromatic rings. The predicted octanol–water partition coefficient (Wildman–Crippen LogP) is 6.16. The van der Waals surface area contributed by atoms with Crippen LogP contribution in [0.3, 0.4) is 0 Å². The molecule has 0 amide bonds. The van der Waals surface area contributed by atoms with Gasteiger partial charge in [0, 0.05) is 16.6 Å². The summed E-state index contributed by atoms with van der Waals surface area (Å²) in [5, 5.41) is 6.97. The molecule has 0 aliphatic rings. The molecular weight excluding hydrogens is 394 g/mol. The lowest BCUT2D eigenvalue weighted by atomic mass is 10.1. The van der Waals surface area contributed by atoms with E-state index in [1.54, 1.807) is 24.8 Å². The second-order valence-electron chi connectivity index (χ2n) is 5.98. The highest BCUT2D eigenvalue weighted by Crippen LogP contribution is 2.38. The fourth-order valence-electron chi connectivity index (χ4n) is 2.96. The van der Waals surface area contributed by atoms with Crippen LogP contribution in [0.25, 0.3) is 21.3 Å². The van der Waals surface area contributed by atoms with Crippen LogP contribution in [0.15, 0.2) is 54.2 Å². The normalized spacial score (nSPS) is 10.8. The number of rotatable bonds is 6. The van der Waals surface area contributed by atoms with Gasteiger partial charge < -0.3 is 14.8 Å². The van der Waals surface area contributed by atoms with Gasteiger partial charge in [-0.1, -0.05) is 23.7 Å². The SMILES string of the molecule is CCOc1ccc(-c2csc3ncnc(Nc4ccc(OC)c(Cl)c4)c23)cc1. The van der Waals surface area contributed by atoms with E-state index >= 15 is 0 Å². The van der Waals surface area contributed by atoms with Crippen LogP contribution in [0, 0.1) is 0 Å². The van der Waals surface area contributed by atoms with Crippen molar-refractivity contribution >= 4 is 44.7 Å². The van der Waals surface area contributed by atoms with E-state index in [0.29, 0.717) is 17.4 Å². The molecule has 0 aliphatic heterocycles. The molecule has 2 aromatic carbocycles. The molecule has 142 valence electrons. The number of ether oxygens (including phenoxy) is 2. The molecule has 0 saturated carbocycles. The summed E-state index contributed by atoms with van der Waals surface area (Å²) in [6, 6.07) is 13.6. The lowest BCUT2D eigenvalue weighted by Crippen LogP contribution is -1.96. The Morgan fingerprint density at radius 3 is 2.64 bits per heavy atom. The molecule has 0 fully saturated rings. The summed E-state index contributed by atoms with van der Waals surface area (Å²) in [4.78, 5) is 9.80. The molecule has 2 aromatic heterocycles. The summed E-state index contributed by atoms with van der Waals surface area (Å²) in [5.74, 6) is 2.22. The highest BCUT2D eigenvalue weighted by molar-refractivity contribution is 7.17. The van der Waals surface area contributed by atoms with Gasteiger partial charge in [0.1, 0.15) is 28.5 Å². The lowest BCUT2D eigenvalue weighted by molar-refractivity contribution is 0.340. The van der Waals surface area contributed by atoms with E-state index in [4.69, 9.17) is 21.1 Å². The molecule has 0 bridgehead atoms. The number of fused-ring (bicyclic) bond motifs is 1. The molecule has 2 heterocycles. The summed E-state index contributed by atoms with van der Waals surface area (Å²) in [6.07, 6.45) is 1.56. The smallest absolute Gasteiger partial charge is 0.143 e. The van der Waals surface area contributed by atoms with Crippen molar-refractivity contribution in [2.75, 3.05) is 19.0 Å². The lowest BCUT2D eigenvalue weighted by Gasteiger charge is -2.10. The van der Waals surface area contributed by atoms with Crippen molar-refractivity contribution < 1.29 is 9.47 Å². The Labute approximate surface area is 171 Å². The van der Waals surface area contributed by atoms with Crippen molar-refractivity contribution in [3.05, 3.63) is 59.2 Å². The number of nitrogens with one attached hydrogen (secondary N) is 1. The minimum atomic E-state index is 0.537. The van der Waals surface area contributed by atoms with E-state index in [9.17, 15) is 0 Å². The van der Waals surface area contributed by atoms with E-state index in [2.05, 4.69) is 20.7 Å². The van der Waals surface area contributed by atoms with E-state index in [-0.39, 0.29) is 0 Å². The number of anilines is 2. The fraction of sp³-hybridized carbons (Fsp3) is 0.143. The van der Waals surface area contributed by atoms with Crippen LogP contribution in [0.4, 0.5) is 11.5 Å². The largest absolute Gasteiger partial charge is 0.495 e. The third-order valence-corrected chi connectivity index (χ3v) is 5.44. The highest BCUT2D eigenvalue weighted by atomic mass is 35.5. The number of methoxy groups -OCH3 is 1. The maximum Gasteiger partial charge on any atom is 0.143 e. The maximum atomic E-state index is 6.25. The van der Waals surface area contributed by atoms with Gasteiger partial charge in [0.05, 0.1) is 24.1 Å². The molecule has 28 heavy (non-hydrogen) atoms. The predicted molar refractivity (Wildman–Crippen MR) is 115 cm³/mol. The Bertz CT molecular complexity index is 1110. The Morgan fingerprint density at radius 1 is 1.11 bits per heavy atom. The van der Waals surface area contributed by atoms with Gasteiger partial charge in [0.15, 0.2) is 0 Å². The number of aromatic nitrogens is 2. The summed E-state index contributed by atoms with van der Waals surface area (Å²) >= 11 is 7.84. The first-order chi connectivity index (χ1) is 13.7. The van der Waals surface area contributed by atoms with Crippen molar-refractivity contribution in [3.63, 3.8) is 0 Å². The first-order valence-corrected chi connectivity index (χ1v) is 10.0. The fourth-order valence-corrected chi connectivity index (χ4v) is 4.13. The van der Waals surface area contributed by atoms with Crippen molar-refractivity contribution in [1.29, 1.82) is 0 Å². The van der Waals surface area contributed by atoms with Crippen molar-refractivity contribution in [1.82, 2.24) is 9.97 Å². The minimum Gasteiger partial charge on any atom is -0.495 e. The third-order valence-electron chi connectivity index (χ3n) is 4.26. The Balaban J connectivity index is 1.73. The van der Waals surface area contributed by atoms with Crippen molar-refractivity contribution in [3.8, 4) is 22.6 Å². The second kappa shape index (κ2) is 8.04. The molecule has 0 radical (unpaired) electrons. The Kier molecular flexibility index (Phi) is 5.32. The van der Waals surface area contributed by atoms with Crippen LogP contribution in [-0.2, 0) is 0 Å². The van der Waals surface area contributed by atoms with Gasteiger partial charge >= 0.3 is 0 Å². The summed E-state index contributed by atoms with van der Waals surface area (Å²) in [7, 11) is 1.59. The third kappa shape index (κ3) is 3.61. The zero-order valence-corrected chi connectivity index (χ0v) is 17.0. The quantitative estimate of drug-likeness (QED) is 0.411. The van der Waals surface area contributed by atoms with E-state index in [0.717, 1.165) is 38.6 Å². The average Bonchev–Trinajstić information content (AvgIpc) is 3.14. The summed E-state index contributed by atoms with van der Waals surface area (Å²) < 4.78 is 10.8. The Hall–Kier alpha value is -2.83. The molecule has 4 rings (SSSR count). The first kappa shape index (κ1) is 18.5. The van der Waals surface area contributed by atoms with Gasteiger partial charge in [-0.15, -0.1) is 11.3 Å². The molecular formula is C21H18ClN3O2S. The number of hydrogen-bond donors (Lipinski definition) is 1. The van der Waals surface area contributed by atoms with Crippen molar-refractivity contribution in [2.24, 2.45) is 0 Å². The van der Waals surface area contributed by atoms with Crippen LogP contribution in [0.1, 0.15) is 6.92 Å². The van der Waals surface area contributed by atoms with Crippen LogP contribution < -0.4 is 14.8 Å². The van der Waals surface area contributed by atoms with Gasteiger partial charge in [0.2, 0.25) is 0 Å².